The van der Waals surface area contributed by atoms with Crippen LogP contribution < -0.4 is 10.7 Å². The molecule has 0 saturated heterocycles. The number of hydrazone groups is 1. The van der Waals surface area contributed by atoms with Gasteiger partial charge in [0, 0.05) is 23.3 Å². The van der Waals surface area contributed by atoms with E-state index in [2.05, 4.69) is 36.8 Å². The normalized spacial score (nSPS) is 11.0. The molecule has 2 rings (SSSR count). The molecule has 0 bridgehead atoms. The standard InChI is InChI=1S/C14H13BrN4S/c1-16-14(20)19-18-13(12-4-2-3-9-17-12)10-5-7-11(15)8-6-10/h2-9H,1H3,(H2,16,19,20)/b18-13+. The van der Waals surface area contributed by atoms with Crippen molar-refractivity contribution in [3.8, 4) is 0 Å². The van der Waals surface area contributed by atoms with Crippen LogP contribution in [0.3, 0.4) is 0 Å². The average Bonchev–Trinajstić information content (AvgIpc) is 2.50. The molecule has 0 aliphatic rings. The summed E-state index contributed by atoms with van der Waals surface area (Å²) in [5.41, 5.74) is 5.27. The highest BCUT2D eigenvalue weighted by molar-refractivity contribution is 9.10. The maximum absolute atomic E-state index is 5.04. The smallest absolute Gasteiger partial charge is 0.186 e. The van der Waals surface area contributed by atoms with E-state index in [0.717, 1.165) is 21.4 Å². The molecule has 1 heterocycles. The number of hydrogen-bond acceptors (Lipinski definition) is 3. The van der Waals surface area contributed by atoms with Gasteiger partial charge >= 0.3 is 0 Å². The summed E-state index contributed by atoms with van der Waals surface area (Å²) in [6, 6.07) is 13.6. The minimum Gasteiger partial charge on any atom is -0.364 e. The topological polar surface area (TPSA) is 49.3 Å². The van der Waals surface area contributed by atoms with E-state index in [-0.39, 0.29) is 0 Å². The van der Waals surface area contributed by atoms with Gasteiger partial charge < -0.3 is 5.32 Å². The second-order valence-electron chi connectivity index (χ2n) is 3.87. The van der Waals surface area contributed by atoms with Gasteiger partial charge in [-0.25, -0.2) is 0 Å². The molecule has 20 heavy (non-hydrogen) atoms. The lowest BCUT2D eigenvalue weighted by Crippen LogP contribution is -2.29. The number of pyridine rings is 1. The zero-order valence-corrected chi connectivity index (χ0v) is 13.2. The van der Waals surface area contributed by atoms with Crippen LogP contribution in [0, 0.1) is 0 Å². The number of thiocarbonyl (C=S) groups is 1. The second kappa shape index (κ2) is 7.12. The highest BCUT2D eigenvalue weighted by Gasteiger charge is 2.08. The molecule has 0 spiro atoms. The van der Waals surface area contributed by atoms with Gasteiger partial charge in [-0.15, -0.1) is 0 Å². The van der Waals surface area contributed by atoms with Crippen molar-refractivity contribution in [1.29, 1.82) is 0 Å². The summed E-state index contributed by atoms with van der Waals surface area (Å²) in [4.78, 5) is 4.34. The molecule has 0 aliphatic heterocycles. The summed E-state index contributed by atoms with van der Waals surface area (Å²) in [5, 5.41) is 7.62. The van der Waals surface area contributed by atoms with Crippen LogP contribution in [-0.4, -0.2) is 22.9 Å². The van der Waals surface area contributed by atoms with E-state index >= 15 is 0 Å². The van der Waals surface area contributed by atoms with Crippen molar-refractivity contribution in [3.63, 3.8) is 0 Å². The van der Waals surface area contributed by atoms with Crippen molar-refractivity contribution in [2.75, 3.05) is 7.05 Å². The van der Waals surface area contributed by atoms with Crippen LogP contribution in [0.5, 0.6) is 0 Å². The Labute approximate surface area is 131 Å². The highest BCUT2D eigenvalue weighted by atomic mass is 79.9. The number of hydrogen-bond donors (Lipinski definition) is 2. The molecule has 0 saturated carbocycles. The predicted octanol–water partition coefficient (Wildman–Crippen LogP) is 2.69. The monoisotopic (exact) mass is 348 g/mol. The maximum atomic E-state index is 5.04. The first-order chi connectivity index (χ1) is 9.70. The molecule has 1 aromatic carbocycles. The lowest BCUT2D eigenvalue weighted by molar-refractivity contribution is 0.973. The maximum Gasteiger partial charge on any atom is 0.186 e. The Kier molecular flexibility index (Phi) is 5.20. The molecule has 0 atom stereocenters. The first kappa shape index (κ1) is 14.6. The lowest BCUT2D eigenvalue weighted by atomic mass is 10.1. The van der Waals surface area contributed by atoms with Crippen LogP contribution >= 0.6 is 28.1 Å². The molecular weight excluding hydrogens is 336 g/mol. The number of nitrogens with one attached hydrogen (secondary N) is 2. The number of aromatic nitrogens is 1. The van der Waals surface area contributed by atoms with Crippen LogP contribution in [0.1, 0.15) is 11.3 Å². The Morgan fingerprint density at radius 2 is 1.95 bits per heavy atom. The van der Waals surface area contributed by atoms with E-state index in [0.29, 0.717) is 5.11 Å². The van der Waals surface area contributed by atoms with Crippen LogP contribution in [0.15, 0.2) is 58.2 Å². The van der Waals surface area contributed by atoms with Crippen LogP contribution in [-0.2, 0) is 0 Å². The third-order valence-corrected chi connectivity index (χ3v) is 3.35. The van der Waals surface area contributed by atoms with Crippen molar-refractivity contribution < 1.29 is 0 Å². The van der Waals surface area contributed by atoms with Crippen molar-refractivity contribution in [2.45, 2.75) is 0 Å². The van der Waals surface area contributed by atoms with Crippen LogP contribution in [0.2, 0.25) is 0 Å². The van der Waals surface area contributed by atoms with Crippen molar-refractivity contribution >= 4 is 39.0 Å². The Bertz CT molecular complexity index is 611. The quantitative estimate of drug-likeness (QED) is 0.508. The third-order valence-electron chi connectivity index (χ3n) is 2.52. The molecule has 102 valence electrons. The molecule has 0 unspecified atom stereocenters. The number of nitrogens with zero attached hydrogens (tertiary/aromatic N) is 2. The average molecular weight is 349 g/mol. The van der Waals surface area contributed by atoms with Gasteiger partial charge in [0.2, 0.25) is 0 Å². The minimum absolute atomic E-state index is 0.454. The molecule has 0 fully saturated rings. The van der Waals surface area contributed by atoms with Gasteiger partial charge in [-0.3, -0.25) is 10.4 Å². The van der Waals surface area contributed by atoms with Crippen LogP contribution in [0.4, 0.5) is 0 Å². The fourth-order valence-electron chi connectivity index (χ4n) is 1.54. The highest BCUT2D eigenvalue weighted by Crippen LogP contribution is 2.14. The third kappa shape index (κ3) is 3.85. The van der Waals surface area contributed by atoms with Crippen LogP contribution in [0.25, 0.3) is 0 Å². The van der Waals surface area contributed by atoms with Gasteiger partial charge in [-0.2, -0.15) is 5.10 Å². The molecule has 1 aromatic heterocycles. The number of halogens is 1. The molecule has 6 heteroatoms. The largest absolute Gasteiger partial charge is 0.364 e. The Hall–Kier alpha value is -1.79. The summed E-state index contributed by atoms with van der Waals surface area (Å²) in [6.07, 6.45) is 1.74. The van der Waals surface area contributed by atoms with Crippen molar-refractivity contribution in [2.24, 2.45) is 5.10 Å². The predicted molar refractivity (Wildman–Crippen MR) is 88.8 cm³/mol. The van der Waals surface area contributed by atoms with E-state index in [1.165, 1.54) is 0 Å². The zero-order chi connectivity index (χ0) is 14.4. The Morgan fingerprint density at radius 1 is 1.20 bits per heavy atom. The van der Waals surface area contributed by atoms with Gasteiger partial charge in [0.25, 0.3) is 0 Å². The Balaban J connectivity index is 2.39. The van der Waals surface area contributed by atoms with E-state index in [4.69, 9.17) is 12.2 Å². The first-order valence-corrected chi connectivity index (χ1v) is 7.13. The van der Waals surface area contributed by atoms with E-state index < -0.39 is 0 Å². The summed E-state index contributed by atoms with van der Waals surface area (Å²) in [5.74, 6) is 0. The minimum atomic E-state index is 0.454. The SMILES string of the molecule is CNC(=S)N/N=C(\c1ccc(Br)cc1)c1ccccn1. The van der Waals surface area contributed by atoms with E-state index in [1.807, 2.05) is 42.5 Å². The number of benzene rings is 1. The van der Waals surface area contributed by atoms with Crippen molar-refractivity contribution in [1.82, 2.24) is 15.7 Å². The molecule has 0 aliphatic carbocycles. The first-order valence-electron chi connectivity index (χ1n) is 5.93. The Morgan fingerprint density at radius 3 is 2.55 bits per heavy atom. The van der Waals surface area contributed by atoms with Gasteiger partial charge in [0.1, 0.15) is 5.71 Å². The zero-order valence-electron chi connectivity index (χ0n) is 10.8. The molecular formula is C14H13BrN4S. The van der Waals surface area contributed by atoms with Gasteiger partial charge in [-0.1, -0.05) is 34.1 Å². The molecule has 4 nitrogen and oxygen atoms in total. The number of rotatable bonds is 3. The fraction of sp³-hybridized carbons (Fsp3) is 0.0714. The van der Waals surface area contributed by atoms with E-state index in [9.17, 15) is 0 Å². The molecule has 2 N–H and O–H groups in total. The second-order valence-corrected chi connectivity index (χ2v) is 5.20. The molecule has 2 aromatic rings. The molecule has 0 amide bonds. The molecule has 0 radical (unpaired) electrons. The summed E-state index contributed by atoms with van der Waals surface area (Å²) in [7, 11) is 1.74. The summed E-state index contributed by atoms with van der Waals surface area (Å²) in [6.45, 7) is 0. The lowest BCUT2D eigenvalue weighted by Gasteiger charge is -2.08. The summed E-state index contributed by atoms with van der Waals surface area (Å²) >= 11 is 8.46. The van der Waals surface area contributed by atoms with Gasteiger partial charge in [-0.05, 0) is 36.5 Å². The van der Waals surface area contributed by atoms with Crippen molar-refractivity contribution in [3.05, 3.63) is 64.4 Å². The fourth-order valence-corrected chi connectivity index (χ4v) is 1.85. The van der Waals surface area contributed by atoms with E-state index in [1.54, 1.807) is 13.2 Å². The summed E-state index contributed by atoms with van der Waals surface area (Å²) < 4.78 is 1.01. The van der Waals surface area contributed by atoms with Gasteiger partial charge in [0.15, 0.2) is 5.11 Å². The van der Waals surface area contributed by atoms with Gasteiger partial charge in [0.05, 0.1) is 5.69 Å².